The second kappa shape index (κ2) is 12.6. The molecule has 10 rings (SSSR count). The molecule has 0 aliphatic heterocycles. The fraction of sp³-hybridized carbons (Fsp3) is 0.261. The smallest absolute Gasteiger partial charge is 0.270 e. The third-order valence-corrected chi connectivity index (χ3v) is 14.7. The van der Waals surface area contributed by atoms with Gasteiger partial charge in [0, 0.05) is 44.2 Å². The summed E-state index contributed by atoms with van der Waals surface area (Å²) in [5, 5.41) is 21.3. The third kappa shape index (κ3) is 4.52. The monoisotopic (exact) mass is 762 g/mol. The first kappa shape index (κ1) is 34.2. The molecule has 56 heavy (non-hydrogen) atoms. The van der Waals surface area contributed by atoms with Crippen molar-refractivity contribution in [1.82, 2.24) is 9.97 Å². The molecule has 6 aliphatic carbocycles. The predicted octanol–water partition coefficient (Wildman–Crippen LogP) is 10.8. The summed E-state index contributed by atoms with van der Waals surface area (Å²) in [7, 11) is 0. The Balaban J connectivity index is 1.16. The SMILES string of the molecule is [C-]#[N+]/C(C#N)=C1\C(=C\c2nc3c(s2)C2=C(c4sc(/C=C5\C(=O)c6ccccc6\C5=C(\C#N)[N+]#[C-])nc4C24CCCCC4)C32CCCCC2)C(=O)c2ccccc21. The highest BCUT2D eigenvalue weighted by molar-refractivity contribution is 7.15. The maximum atomic E-state index is 13.9. The van der Waals surface area contributed by atoms with Crippen LogP contribution in [0.2, 0.25) is 0 Å². The average Bonchev–Trinajstić information content (AvgIpc) is 4.05. The van der Waals surface area contributed by atoms with Crippen molar-refractivity contribution in [3.05, 3.63) is 147 Å². The van der Waals surface area contributed by atoms with E-state index in [-0.39, 0.29) is 33.8 Å². The van der Waals surface area contributed by atoms with E-state index in [1.54, 1.807) is 71.2 Å². The summed E-state index contributed by atoms with van der Waals surface area (Å²) in [6.07, 6.45) is 14.0. The molecule has 2 heterocycles. The summed E-state index contributed by atoms with van der Waals surface area (Å²) >= 11 is 3.22. The van der Waals surface area contributed by atoms with Gasteiger partial charge in [-0.05, 0) is 60.1 Å². The topological polar surface area (TPSA) is 116 Å². The number of allylic oxidation sites excluding steroid dienone is 8. The first-order valence-corrected chi connectivity index (χ1v) is 20.6. The van der Waals surface area contributed by atoms with Crippen molar-refractivity contribution in [2.75, 3.05) is 0 Å². The van der Waals surface area contributed by atoms with Gasteiger partial charge in [-0.15, -0.1) is 22.7 Å². The van der Waals surface area contributed by atoms with E-state index in [1.807, 2.05) is 24.3 Å². The van der Waals surface area contributed by atoms with Gasteiger partial charge in [-0.1, -0.05) is 87.1 Å². The molecule has 2 aromatic carbocycles. The molecule has 8 nitrogen and oxygen atoms in total. The van der Waals surface area contributed by atoms with E-state index in [0.29, 0.717) is 54.6 Å². The molecule has 4 aromatic rings. The minimum absolute atomic E-state index is 0.102. The van der Waals surface area contributed by atoms with Crippen LogP contribution >= 0.6 is 22.7 Å². The molecule has 0 unspecified atom stereocenters. The lowest BCUT2D eigenvalue weighted by atomic mass is 9.68. The van der Waals surface area contributed by atoms with Crippen molar-refractivity contribution >= 4 is 68.7 Å². The lowest BCUT2D eigenvalue weighted by Gasteiger charge is -2.35. The van der Waals surface area contributed by atoms with Crippen LogP contribution in [0.15, 0.2) is 71.1 Å². The van der Waals surface area contributed by atoms with Gasteiger partial charge in [-0.2, -0.15) is 0 Å². The van der Waals surface area contributed by atoms with E-state index < -0.39 is 0 Å². The number of rotatable bonds is 2. The zero-order valence-corrected chi connectivity index (χ0v) is 31.8. The maximum Gasteiger partial charge on any atom is 0.270 e. The summed E-state index contributed by atoms with van der Waals surface area (Å²) in [6, 6.07) is 18.4. The van der Waals surface area contributed by atoms with E-state index in [1.165, 1.54) is 20.9 Å². The van der Waals surface area contributed by atoms with Gasteiger partial charge in [0.1, 0.15) is 10.0 Å². The van der Waals surface area contributed by atoms with Crippen LogP contribution in [0.3, 0.4) is 0 Å². The summed E-state index contributed by atoms with van der Waals surface area (Å²) in [4.78, 5) is 47.9. The number of carbonyl (C=O) groups excluding carboxylic acids is 2. The number of Topliss-reactive ketones (excluding diaryl/α,β-unsaturated/α-hetero) is 2. The number of aromatic nitrogens is 2. The van der Waals surface area contributed by atoms with Crippen LogP contribution in [0.4, 0.5) is 0 Å². The van der Waals surface area contributed by atoms with E-state index >= 15 is 0 Å². The molecular formula is C46H30N6O2S2. The zero-order chi connectivity index (χ0) is 38.3. The number of hydrogen-bond acceptors (Lipinski definition) is 8. The van der Waals surface area contributed by atoms with Crippen LogP contribution in [-0.2, 0) is 10.8 Å². The molecule has 2 aromatic heterocycles. The van der Waals surface area contributed by atoms with Crippen LogP contribution in [0.5, 0.6) is 0 Å². The number of carbonyl (C=O) groups is 2. The Morgan fingerprint density at radius 1 is 0.625 bits per heavy atom. The van der Waals surface area contributed by atoms with Gasteiger partial charge in [-0.3, -0.25) is 9.59 Å². The van der Waals surface area contributed by atoms with Gasteiger partial charge in [0.2, 0.25) is 0 Å². The third-order valence-electron chi connectivity index (χ3n) is 12.6. The Hall–Kier alpha value is -6.30. The molecular weight excluding hydrogens is 733 g/mol. The summed E-state index contributed by atoms with van der Waals surface area (Å²) in [5.41, 5.74) is 7.61. The molecule has 2 spiro atoms. The first-order chi connectivity index (χ1) is 27.4. The molecule has 0 amide bonds. The summed E-state index contributed by atoms with van der Waals surface area (Å²) in [6.45, 7) is 15.5. The summed E-state index contributed by atoms with van der Waals surface area (Å²) in [5.74, 6) is -0.403. The highest BCUT2D eigenvalue weighted by atomic mass is 32.1. The van der Waals surface area contributed by atoms with Crippen molar-refractivity contribution in [3.63, 3.8) is 0 Å². The number of hydrogen-bond donors (Lipinski definition) is 0. The van der Waals surface area contributed by atoms with Crippen LogP contribution in [0.25, 0.3) is 44.1 Å². The van der Waals surface area contributed by atoms with Gasteiger partial charge in [0.05, 0.1) is 46.4 Å². The van der Waals surface area contributed by atoms with E-state index in [0.717, 1.165) is 75.6 Å². The number of benzene rings is 2. The predicted molar refractivity (Wildman–Crippen MR) is 216 cm³/mol. The van der Waals surface area contributed by atoms with Gasteiger partial charge >= 0.3 is 0 Å². The molecule has 2 saturated carbocycles. The highest BCUT2D eigenvalue weighted by Gasteiger charge is 2.60. The van der Waals surface area contributed by atoms with Crippen LogP contribution in [0, 0.1) is 35.8 Å². The number of nitrogens with zero attached hydrogens (tertiary/aromatic N) is 6. The molecule has 0 radical (unpaired) electrons. The molecule has 2 fully saturated rings. The standard InChI is InChI=1S/C46H30N6O2S2/c1-49-31(23-47)35-25-13-5-7-15-27(25)39(53)29(35)21-33-51-43-41(55-33)37-38(45(43)17-9-3-10-18-45)42-44(46(37)19-11-4-12-20-46)52-34(56-42)22-30-36(32(24-48)50-2)26-14-6-8-16-28(26)40(30)54/h5-8,13-16,21-22H,3-4,9-12,17-20H2/b29-21-,30-22-,35-31-,36-32+. The highest BCUT2D eigenvalue weighted by Crippen LogP contribution is 2.70. The Bertz CT molecular complexity index is 2630. The summed E-state index contributed by atoms with van der Waals surface area (Å²) < 4.78 is 0. The largest absolute Gasteiger partial charge is 0.289 e. The van der Waals surface area contributed by atoms with Crippen molar-refractivity contribution < 1.29 is 9.59 Å². The van der Waals surface area contributed by atoms with Gasteiger partial charge < -0.3 is 0 Å². The number of thiazole rings is 2. The second-order valence-electron chi connectivity index (χ2n) is 15.3. The zero-order valence-electron chi connectivity index (χ0n) is 30.2. The minimum Gasteiger partial charge on any atom is -0.289 e. The molecule has 6 aliphatic rings. The normalized spacial score (nSPS) is 22.6. The van der Waals surface area contributed by atoms with Crippen molar-refractivity contribution in [1.29, 1.82) is 10.5 Å². The quantitative estimate of drug-likeness (QED) is 0.114. The van der Waals surface area contributed by atoms with E-state index in [9.17, 15) is 20.1 Å². The molecule has 0 bridgehead atoms. The van der Waals surface area contributed by atoms with Crippen molar-refractivity contribution in [2.45, 2.75) is 75.0 Å². The first-order valence-electron chi connectivity index (χ1n) is 18.9. The second-order valence-corrected chi connectivity index (χ2v) is 17.3. The lowest BCUT2D eigenvalue weighted by Crippen LogP contribution is -2.29. The Labute approximate surface area is 331 Å². The number of nitriles is 2. The van der Waals surface area contributed by atoms with Crippen molar-refractivity contribution in [2.24, 2.45) is 0 Å². The Kier molecular flexibility index (Phi) is 7.71. The van der Waals surface area contributed by atoms with Crippen LogP contribution in [-0.4, -0.2) is 21.5 Å². The lowest BCUT2D eigenvalue weighted by molar-refractivity contribution is 0.103. The van der Waals surface area contributed by atoms with Crippen LogP contribution in [0.1, 0.15) is 127 Å². The maximum absolute atomic E-state index is 13.9. The Morgan fingerprint density at radius 2 is 1.00 bits per heavy atom. The van der Waals surface area contributed by atoms with Gasteiger partial charge in [0.15, 0.2) is 11.6 Å². The fourth-order valence-corrected chi connectivity index (χ4v) is 12.9. The number of ketones is 2. The molecule has 0 atom stereocenters. The van der Waals surface area contributed by atoms with E-state index in [2.05, 4.69) is 9.69 Å². The fourth-order valence-electron chi connectivity index (χ4n) is 10.4. The Morgan fingerprint density at radius 3 is 1.36 bits per heavy atom. The average molecular weight is 763 g/mol. The molecule has 10 heteroatoms. The molecule has 268 valence electrons. The molecule has 0 saturated heterocycles. The van der Waals surface area contributed by atoms with E-state index in [4.69, 9.17) is 23.1 Å². The van der Waals surface area contributed by atoms with Crippen molar-refractivity contribution in [3.8, 4) is 12.1 Å². The van der Waals surface area contributed by atoms with Gasteiger partial charge in [0.25, 0.3) is 11.4 Å². The van der Waals surface area contributed by atoms with Crippen LogP contribution < -0.4 is 0 Å². The number of fused-ring (bicyclic) bond motifs is 10. The molecule has 0 N–H and O–H groups in total. The minimum atomic E-state index is -0.318. The van der Waals surface area contributed by atoms with Gasteiger partial charge in [-0.25, -0.2) is 30.2 Å².